The Kier molecular flexibility index (Phi) is 4.97. The highest BCUT2D eigenvalue weighted by molar-refractivity contribution is 5.90. The van der Waals surface area contributed by atoms with Gasteiger partial charge in [0.05, 0.1) is 5.52 Å². The third-order valence-corrected chi connectivity index (χ3v) is 4.48. The Balaban J connectivity index is 1.57. The van der Waals surface area contributed by atoms with Crippen LogP contribution >= 0.6 is 0 Å². The molecule has 0 amide bonds. The Morgan fingerprint density at radius 3 is 2.15 bits per heavy atom. The highest BCUT2D eigenvalue weighted by Crippen LogP contribution is 2.22. The first-order valence-electron chi connectivity index (χ1n) is 9.12. The molecule has 27 heavy (non-hydrogen) atoms. The lowest BCUT2D eigenvalue weighted by Crippen LogP contribution is -2.08. The van der Waals surface area contributed by atoms with E-state index in [1.165, 1.54) is 16.7 Å². The largest absolute Gasteiger partial charge is 0.365 e. The van der Waals surface area contributed by atoms with Crippen molar-refractivity contribution in [2.75, 3.05) is 10.6 Å². The van der Waals surface area contributed by atoms with Crippen molar-refractivity contribution in [3.05, 3.63) is 95.6 Å². The van der Waals surface area contributed by atoms with Crippen LogP contribution in [0.5, 0.6) is 0 Å². The van der Waals surface area contributed by atoms with Crippen molar-refractivity contribution in [2.45, 2.75) is 20.0 Å². The third-order valence-electron chi connectivity index (χ3n) is 4.48. The van der Waals surface area contributed by atoms with E-state index >= 15 is 0 Å². The number of rotatable bonds is 6. The van der Waals surface area contributed by atoms with Crippen molar-refractivity contribution in [1.82, 2.24) is 9.97 Å². The van der Waals surface area contributed by atoms with E-state index < -0.39 is 0 Å². The predicted molar refractivity (Wildman–Crippen MR) is 112 cm³/mol. The molecule has 2 N–H and O–H groups in total. The molecule has 0 bridgehead atoms. The van der Waals surface area contributed by atoms with Gasteiger partial charge in [-0.2, -0.15) is 4.98 Å². The Labute approximate surface area is 159 Å². The molecule has 0 spiro atoms. The van der Waals surface area contributed by atoms with Crippen molar-refractivity contribution >= 4 is 22.7 Å². The molecule has 0 aliphatic rings. The second-order valence-corrected chi connectivity index (χ2v) is 6.59. The van der Waals surface area contributed by atoms with E-state index in [0.717, 1.165) is 23.3 Å². The van der Waals surface area contributed by atoms with Crippen LogP contribution in [0.25, 0.3) is 10.9 Å². The molecule has 134 valence electrons. The molecule has 0 aliphatic heterocycles. The molecule has 0 saturated heterocycles. The van der Waals surface area contributed by atoms with Crippen LogP contribution in [0.3, 0.4) is 0 Å². The zero-order chi connectivity index (χ0) is 18.5. The molecule has 1 heterocycles. The lowest BCUT2D eigenvalue weighted by molar-refractivity contribution is 1.05. The van der Waals surface area contributed by atoms with Gasteiger partial charge in [-0.3, -0.25) is 0 Å². The normalized spacial score (nSPS) is 10.7. The van der Waals surface area contributed by atoms with Gasteiger partial charge in [-0.05, 0) is 30.2 Å². The maximum absolute atomic E-state index is 4.72. The number of aromatic nitrogens is 2. The SMILES string of the molecule is Cc1ccc(CNc2nc(NCc3ccccc3)nc3ccccc23)cc1. The number of aryl methyl sites for hydroxylation is 1. The molecule has 0 saturated carbocycles. The van der Waals surface area contributed by atoms with Crippen LogP contribution in [0, 0.1) is 6.92 Å². The molecule has 4 rings (SSSR count). The lowest BCUT2D eigenvalue weighted by atomic mass is 10.1. The fourth-order valence-corrected chi connectivity index (χ4v) is 2.96. The molecule has 4 heteroatoms. The van der Waals surface area contributed by atoms with Crippen molar-refractivity contribution in [3.8, 4) is 0 Å². The first-order chi connectivity index (χ1) is 13.3. The number of anilines is 2. The topological polar surface area (TPSA) is 49.8 Å². The van der Waals surface area contributed by atoms with Crippen LogP contribution in [0.4, 0.5) is 11.8 Å². The summed E-state index contributed by atoms with van der Waals surface area (Å²) in [6.07, 6.45) is 0. The summed E-state index contributed by atoms with van der Waals surface area (Å²) in [5.41, 5.74) is 4.61. The molecule has 0 atom stereocenters. The summed E-state index contributed by atoms with van der Waals surface area (Å²) < 4.78 is 0. The molecule has 0 fully saturated rings. The second-order valence-electron chi connectivity index (χ2n) is 6.59. The molecule has 0 unspecified atom stereocenters. The number of hydrogen-bond donors (Lipinski definition) is 2. The van der Waals surface area contributed by atoms with Crippen LogP contribution < -0.4 is 10.6 Å². The zero-order valence-electron chi connectivity index (χ0n) is 15.3. The highest BCUT2D eigenvalue weighted by atomic mass is 15.1. The summed E-state index contributed by atoms with van der Waals surface area (Å²) in [6.45, 7) is 3.51. The zero-order valence-corrected chi connectivity index (χ0v) is 15.3. The van der Waals surface area contributed by atoms with E-state index in [-0.39, 0.29) is 0 Å². The Hall–Kier alpha value is -3.40. The van der Waals surface area contributed by atoms with Gasteiger partial charge in [-0.15, -0.1) is 0 Å². The Morgan fingerprint density at radius 1 is 0.667 bits per heavy atom. The van der Waals surface area contributed by atoms with Gasteiger partial charge < -0.3 is 10.6 Å². The first-order valence-corrected chi connectivity index (χ1v) is 9.12. The van der Waals surface area contributed by atoms with Gasteiger partial charge in [0, 0.05) is 18.5 Å². The third kappa shape index (κ3) is 4.23. The van der Waals surface area contributed by atoms with Crippen molar-refractivity contribution in [1.29, 1.82) is 0 Å². The van der Waals surface area contributed by atoms with Crippen LogP contribution in [0.2, 0.25) is 0 Å². The molecule has 0 aliphatic carbocycles. The van der Waals surface area contributed by atoms with E-state index in [9.17, 15) is 0 Å². The number of nitrogens with one attached hydrogen (secondary N) is 2. The van der Waals surface area contributed by atoms with Crippen molar-refractivity contribution < 1.29 is 0 Å². The molecule has 0 radical (unpaired) electrons. The van der Waals surface area contributed by atoms with Gasteiger partial charge in [0.2, 0.25) is 5.95 Å². The number of nitrogens with zero attached hydrogens (tertiary/aromatic N) is 2. The van der Waals surface area contributed by atoms with Crippen LogP contribution in [0.15, 0.2) is 78.9 Å². The highest BCUT2D eigenvalue weighted by Gasteiger charge is 2.07. The van der Waals surface area contributed by atoms with Crippen molar-refractivity contribution in [2.24, 2.45) is 0 Å². The first kappa shape index (κ1) is 17.0. The van der Waals surface area contributed by atoms with Gasteiger partial charge in [0.15, 0.2) is 0 Å². The van der Waals surface area contributed by atoms with Crippen LogP contribution in [-0.4, -0.2) is 9.97 Å². The summed E-state index contributed by atoms with van der Waals surface area (Å²) >= 11 is 0. The predicted octanol–water partition coefficient (Wildman–Crippen LogP) is 5.16. The van der Waals surface area contributed by atoms with Crippen LogP contribution in [-0.2, 0) is 13.1 Å². The molecular weight excluding hydrogens is 332 g/mol. The smallest absolute Gasteiger partial charge is 0.225 e. The van der Waals surface area contributed by atoms with E-state index in [1.807, 2.05) is 42.5 Å². The van der Waals surface area contributed by atoms with Gasteiger partial charge in [-0.1, -0.05) is 72.3 Å². The number of hydrogen-bond acceptors (Lipinski definition) is 4. The van der Waals surface area contributed by atoms with Crippen molar-refractivity contribution in [3.63, 3.8) is 0 Å². The summed E-state index contributed by atoms with van der Waals surface area (Å²) in [5, 5.41) is 7.83. The average molecular weight is 354 g/mol. The summed E-state index contributed by atoms with van der Waals surface area (Å²) in [6, 6.07) is 26.9. The Bertz CT molecular complexity index is 1030. The fourth-order valence-electron chi connectivity index (χ4n) is 2.96. The Morgan fingerprint density at radius 2 is 1.33 bits per heavy atom. The van der Waals surface area contributed by atoms with E-state index in [0.29, 0.717) is 12.5 Å². The molecule has 1 aromatic heterocycles. The average Bonchev–Trinajstić information content (AvgIpc) is 2.72. The van der Waals surface area contributed by atoms with E-state index in [2.05, 4.69) is 58.9 Å². The molecular formula is C23H22N4. The summed E-state index contributed by atoms with van der Waals surface area (Å²) in [5.74, 6) is 1.47. The number of fused-ring (bicyclic) bond motifs is 1. The standard InChI is InChI=1S/C23H22N4/c1-17-11-13-19(14-12-17)15-24-22-20-9-5-6-10-21(20)26-23(27-22)25-16-18-7-3-2-4-8-18/h2-14H,15-16H2,1H3,(H2,24,25,26,27). The molecule has 3 aromatic carbocycles. The van der Waals surface area contributed by atoms with Gasteiger partial charge in [-0.25, -0.2) is 4.98 Å². The van der Waals surface area contributed by atoms with Gasteiger partial charge in [0.1, 0.15) is 5.82 Å². The lowest BCUT2D eigenvalue weighted by Gasteiger charge is -2.12. The fraction of sp³-hybridized carbons (Fsp3) is 0.130. The van der Waals surface area contributed by atoms with Crippen LogP contribution in [0.1, 0.15) is 16.7 Å². The summed E-state index contributed by atoms with van der Waals surface area (Å²) in [4.78, 5) is 9.37. The number of benzene rings is 3. The summed E-state index contributed by atoms with van der Waals surface area (Å²) in [7, 11) is 0. The minimum Gasteiger partial charge on any atom is -0.365 e. The minimum absolute atomic E-state index is 0.629. The van der Waals surface area contributed by atoms with Gasteiger partial charge >= 0.3 is 0 Å². The maximum Gasteiger partial charge on any atom is 0.225 e. The molecule has 4 nitrogen and oxygen atoms in total. The minimum atomic E-state index is 0.629. The maximum atomic E-state index is 4.72. The van der Waals surface area contributed by atoms with E-state index in [1.54, 1.807) is 0 Å². The second kappa shape index (κ2) is 7.87. The van der Waals surface area contributed by atoms with E-state index in [4.69, 9.17) is 4.98 Å². The molecule has 4 aromatic rings. The monoisotopic (exact) mass is 354 g/mol. The quantitative estimate of drug-likeness (QED) is 0.502. The van der Waals surface area contributed by atoms with Gasteiger partial charge in [0.25, 0.3) is 0 Å². The number of para-hydroxylation sites is 1.